The number of rotatable bonds is 25. The molecule has 7 N–H and O–H groups in total. The molecule has 0 aliphatic carbocycles. The van der Waals surface area contributed by atoms with Crippen LogP contribution in [-0.4, -0.2) is 239 Å². The number of hydrogen-bond acceptors (Lipinski definition) is 26. The van der Waals surface area contributed by atoms with Gasteiger partial charge in [0.05, 0.1) is 59.7 Å². The number of likely N-dealkylation sites (N-methyl/N-ethyl adjacent to an activating group) is 2. The fraction of sp³-hybridized carbons (Fsp3) is 0.835. The van der Waals surface area contributed by atoms with E-state index in [1.165, 1.54) is 0 Å². The summed E-state index contributed by atoms with van der Waals surface area (Å²) in [4.78, 5) is 95.0. The number of nitrogens with two attached hydrogens (primary N) is 2. The average molecular weight is 1660 g/mol. The standard InChI is InChI=1S/C46H77N3O11Si.C39H71N3O11Si/c1-15-34-46(11)36(35(43(53)59-46)41(47)48-55-26-32-22-20-19-21-23-32)29(7)37(50)27(5)25-45(10,54-14)40(30(8)38(51)31(9)42(52)57-34)58-44-39(60-61(16-2,17-3)18-4)33(49(12)13)24-28(6)56-44;1-15-27-39(11)29(28(34(40)41-47)36(46)52-39)23(7)30(43)21(5)20-38(10,48-14)33(24(8)31(44)25(9)35(45)50-27)51-37-32(53-54(16-2,17-3)18-4)26(42(12)13)19-22(6)49-37/h19-23,27-31,33-36,38-40,44,51H,15-18,24-26H2,1-14H3,(H2,47,48);21-29,31-33,37,44,47H,15-20H2,1-14H3,(H2,40,41)/t27-,28-,29-,30+,31-,33+,34+,35-,36+,38-,39-,40-,44?,45-,46+;21-,22-,23-,24+,25-,26+,27+,28-,29+,31-,32-,33-,37?,38-,39+/m11/s1. The molecule has 7 rings (SSSR count). The predicted molar refractivity (Wildman–Crippen MR) is 442 cm³/mol. The molecule has 1 aromatic carbocycles. The van der Waals surface area contributed by atoms with Gasteiger partial charge in [0.2, 0.25) is 0 Å². The summed E-state index contributed by atoms with van der Waals surface area (Å²) in [5.41, 5.74) is 8.10. The lowest BCUT2D eigenvalue weighted by Gasteiger charge is -2.50. The minimum atomic E-state index is -2.20. The second-order valence-electron chi connectivity index (χ2n) is 35.5. The molecule has 1 aromatic rings. The number of amidine groups is 2. The topological polar surface area (TPSA) is 366 Å². The van der Waals surface area contributed by atoms with Crippen molar-refractivity contribution in [3.05, 3.63) is 35.9 Å². The van der Waals surface area contributed by atoms with Crippen LogP contribution in [0.1, 0.15) is 196 Å². The molecule has 30 heteroatoms. The number of benzene rings is 1. The zero-order chi connectivity index (χ0) is 86.7. The summed E-state index contributed by atoms with van der Waals surface area (Å²) in [5, 5.41) is 41.2. The Morgan fingerprint density at radius 3 is 1.19 bits per heavy atom. The van der Waals surface area contributed by atoms with Gasteiger partial charge in [-0.2, -0.15) is 0 Å². The van der Waals surface area contributed by atoms with Crippen molar-refractivity contribution >= 4 is 63.7 Å². The number of ether oxygens (including phenoxy) is 10. The van der Waals surface area contributed by atoms with Crippen LogP contribution in [0.25, 0.3) is 0 Å². The summed E-state index contributed by atoms with van der Waals surface area (Å²) >= 11 is 0. The Morgan fingerprint density at radius 2 is 0.878 bits per heavy atom. The van der Waals surface area contributed by atoms with Crippen molar-refractivity contribution in [2.24, 2.45) is 92.8 Å². The fourth-order valence-corrected chi connectivity index (χ4v) is 25.6. The van der Waals surface area contributed by atoms with Crippen LogP contribution in [-0.2, 0) is 96.4 Å². The molecule has 6 aliphatic heterocycles. The van der Waals surface area contributed by atoms with E-state index in [9.17, 15) is 44.2 Å². The van der Waals surface area contributed by atoms with Crippen LogP contribution in [0.15, 0.2) is 40.6 Å². The monoisotopic (exact) mass is 1660 g/mol. The first-order valence-electron chi connectivity index (χ1n) is 42.5. The molecule has 28 nitrogen and oxygen atoms in total. The number of cyclic esters (lactones) is 2. The molecule has 6 heterocycles. The third-order valence-electron chi connectivity index (χ3n) is 27.7. The van der Waals surface area contributed by atoms with Crippen molar-refractivity contribution in [2.45, 2.75) is 342 Å². The molecule has 6 saturated heterocycles. The number of esters is 4. The Morgan fingerprint density at radius 1 is 0.530 bits per heavy atom. The van der Waals surface area contributed by atoms with E-state index in [0.29, 0.717) is 0 Å². The molecule has 115 heavy (non-hydrogen) atoms. The number of nitrogens with zero attached hydrogens (tertiary/aromatic N) is 4. The van der Waals surface area contributed by atoms with Gasteiger partial charge in [-0.3, -0.25) is 28.8 Å². The van der Waals surface area contributed by atoms with E-state index in [2.05, 4.69) is 61.7 Å². The Hall–Kier alpha value is -5.07. The third kappa shape index (κ3) is 21.5. The predicted octanol–water partition coefficient (Wildman–Crippen LogP) is 11.2. The maximum atomic E-state index is 14.9. The fourth-order valence-electron chi connectivity index (χ4n) is 19.9. The van der Waals surface area contributed by atoms with Crippen LogP contribution in [0.2, 0.25) is 36.3 Å². The maximum absolute atomic E-state index is 14.9. The van der Waals surface area contributed by atoms with Gasteiger partial charge >= 0.3 is 23.9 Å². The highest BCUT2D eigenvalue weighted by molar-refractivity contribution is 6.74. The SMILES string of the molecule is CC[C@@H]1OC(=O)[C@H](C)[C@H](O)[C@H](C)[C@@H](OC2O[C@H](C)C[C@H](N(C)C)[C@H]2O[Si](CC)(CC)CC)[C@](C)(OC)C[C@@H](C)C(=O)[C@H](C)[C@H]2[C@H](/C(N)=N/O)C(=O)O[C@]21C.CC[C@@H]1OC(=O)[C@H](C)[C@H](O)[C@H](C)[C@@H](OC2O[C@H](C)C[C@H](N(C)C)[C@H]2O[Si](CC)(CC)CC)[C@](C)(OC)C[C@@H](C)C(=O)[C@H](C)[C@H]2[C@H](/C(N)=N/OCc3ccccc3)C(=O)O[C@]21C. The van der Waals surface area contributed by atoms with Crippen LogP contribution in [0.3, 0.4) is 0 Å². The largest absolute Gasteiger partial charge is 0.458 e. The molecule has 6 aliphatic rings. The molecule has 658 valence electrons. The van der Waals surface area contributed by atoms with Crippen molar-refractivity contribution in [1.82, 2.24) is 9.80 Å². The number of hydrogen-bond donors (Lipinski definition) is 5. The number of fused-ring (bicyclic) bond motifs is 2. The van der Waals surface area contributed by atoms with Gasteiger partial charge in [0.25, 0.3) is 0 Å². The molecule has 2 unspecified atom stereocenters. The average Bonchev–Trinajstić information content (AvgIpc) is 1.61. The molecule has 30 atom stereocenters. The molecular weight excluding hydrogens is 1510 g/mol. The third-order valence-corrected chi connectivity index (χ3v) is 37.0. The highest BCUT2D eigenvalue weighted by atomic mass is 28.4. The summed E-state index contributed by atoms with van der Waals surface area (Å²) in [5.74, 6) is -14.7. The number of carbonyl (C=O) groups is 6. The lowest BCUT2D eigenvalue weighted by molar-refractivity contribution is -0.298. The van der Waals surface area contributed by atoms with Crippen LogP contribution in [0, 0.1) is 71.0 Å². The van der Waals surface area contributed by atoms with Gasteiger partial charge in [-0.25, -0.2) is 0 Å². The van der Waals surface area contributed by atoms with Crippen molar-refractivity contribution in [3.8, 4) is 0 Å². The minimum Gasteiger partial charge on any atom is -0.458 e. The maximum Gasteiger partial charge on any atom is 0.317 e. The van der Waals surface area contributed by atoms with Crippen molar-refractivity contribution < 1.29 is 105 Å². The van der Waals surface area contributed by atoms with Crippen LogP contribution in [0.5, 0.6) is 0 Å². The highest BCUT2D eigenvalue weighted by Gasteiger charge is 2.65. The number of carbonyl (C=O) groups excluding carboxylic acids is 6. The number of ketones is 2. The number of aliphatic hydroxyl groups is 2. The summed E-state index contributed by atoms with van der Waals surface area (Å²) in [6, 6.07) is 14.9. The highest BCUT2D eigenvalue weighted by Crippen LogP contribution is 2.52. The number of oxime groups is 2. The second-order valence-corrected chi connectivity index (χ2v) is 45.0. The first-order valence-corrected chi connectivity index (χ1v) is 47.6. The molecule has 0 saturated carbocycles. The minimum absolute atomic E-state index is 0.0301. The van der Waals surface area contributed by atoms with Gasteiger partial charge in [-0.1, -0.05) is 138 Å². The number of methoxy groups -OCH3 is 2. The molecular formula is C85H148N6O22Si2. The van der Waals surface area contributed by atoms with Crippen molar-refractivity contribution in [3.63, 3.8) is 0 Å². The Labute approximate surface area is 688 Å². The van der Waals surface area contributed by atoms with Crippen molar-refractivity contribution in [2.75, 3.05) is 42.4 Å². The Balaban J connectivity index is 0.000000361. The van der Waals surface area contributed by atoms with Gasteiger partial charge in [0.15, 0.2) is 52.1 Å². The van der Waals surface area contributed by atoms with E-state index in [-0.39, 0.29) is 74.0 Å². The Bertz CT molecular complexity index is 3390. The van der Waals surface area contributed by atoms with Crippen LogP contribution in [0.4, 0.5) is 0 Å². The lowest BCUT2D eigenvalue weighted by Crippen LogP contribution is -2.62. The normalized spacial score (nSPS) is 40.1. The van der Waals surface area contributed by atoms with Crippen molar-refractivity contribution in [1.29, 1.82) is 0 Å². The molecule has 0 bridgehead atoms. The van der Waals surface area contributed by atoms with Gasteiger partial charge < -0.3 is 97.7 Å². The number of aliphatic hydroxyl groups excluding tert-OH is 2. The van der Waals surface area contributed by atoms with Crippen LogP contribution >= 0.6 is 0 Å². The quantitative estimate of drug-likeness (QED) is 0.0115. The summed E-state index contributed by atoms with van der Waals surface area (Å²) in [6.45, 7) is 41.8. The molecule has 0 aromatic heterocycles. The Kier molecular flexibility index (Phi) is 35.6. The zero-order valence-corrected chi connectivity index (χ0v) is 76.6. The van der Waals surface area contributed by atoms with Gasteiger partial charge in [0, 0.05) is 73.6 Å². The molecule has 0 amide bonds. The second kappa shape index (κ2) is 41.5. The zero-order valence-electron chi connectivity index (χ0n) is 74.6. The molecule has 6 fully saturated rings. The van der Waals surface area contributed by atoms with E-state index >= 15 is 0 Å². The van der Waals surface area contributed by atoms with Crippen LogP contribution < -0.4 is 11.5 Å². The van der Waals surface area contributed by atoms with Gasteiger partial charge in [-0.15, -0.1) is 0 Å². The van der Waals surface area contributed by atoms with E-state index in [4.69, 9.17) is 72.5 Å². The first kappa shape index (κ1) is 98.8. The van der Waals surface area contributed by atoms with E-state index < -0.39 is 201 Å². The summed E-state index contributed by atoms with van der Waals surface area (Å²) in [6.07, 6.45) is -7.12. The smallest absolute Gasteiger partial charge is 0.317 e. The van der Waals surface area contributed by atoms with E-state index in [1.54, 1.807) is 76.5 Å². The first-order chi connectivity index (χ1) is 53.8. The number of Topliss-reactive ketones (excluding diaryl/α,β-unsaturated/α-hetero) is 2. The van der Waals surface area contributed by atoms with Gasteiger partial charge in [0.1, 0.15) is 54.4 Å². The molecule has 0 radical (unpaired) electrons. The lowest BCUT2D eigenvalue weighted by atomic mass is 9.67. The summed E-state index contributed by atoms with van der Waals surface area (Å²) < 4.78 is 79.1. The van der Waals surface area contributed by atoms with Gasteiger partial charge in [-0.05, 0) is 164 Å². The summed E-state index contributed by atoms with van der Waals surface area (Å²) in [7, 11) is 6.85. The van der Waals surface area contributed by atoms with E-state index in [1.807, 2.05) is 107 Å². The molecule has 0 spiro atoms. The van der Waals surface area contributed by atoms with E-state index in [0.717, 1.165) is 54.7 Å².